The lowest BCUT2D eigenvalue weighted by Gasteiger charge is -2.08. The van der Waals surface area contributed by atoms with E-state index in [-0.39, 0.29) is 0 Å². The Labute approximate surface area is 196 Å². The molecule has 0 radical (unpaired) electrons. The molecule has 5 aromatic carbocycles. The molecule has 0 N–H and O–H groups in total. The second-order valence-corrected chi connectivity index (χ2v) is 9.45. The Morgan fingerprint density at radius 2 is 0.968 bits per heavy atom. The fourth-order valence-corrected chi connectivity index (χ4v) is 4.95. The van der Waals surface area contributed by atoms with Crippen LogP contribution in [0.1, 0.15) is 0 Å². The summed E-state index contributed by atoms with van der Waals surface area (Å²) in [6, 6.07) is 33.9. The molecule has 6 aromatic rings. The number of hydrogen-bond donors (Lipinski definition) is 0. The first-order chi connectivity index (χ1) is 15.2. The first kappa shape index (κ1) is 18.9. The van der Waals surface area contributed by atoms with E-state index in [4.69, 9.17) is 4.42 Å². The third-order valence-electron chi connectivity index (χ3n) is 5.81. The van der Waals surface area contributed by atoms with E-state index in [9.17, 15) is 0 Å². The monoisotopic (exact) mass is 526 g/mol. The van der Waals surface area contributed by atoms with Gasteiger partial charge in [0.05, 0.1) is 0 Å². The van der Waals surface area contributed by atoms with Gasteiger partial charge < -0.3 is 4.42 Å². The highest BCUT2D eigenvalue weighted by Crippen LogP contribution is 2.47. The highest BCUT2D eigenvalue weighted by atomic mass is 79.9. The van der Waals surface area contributed by atoms with Gasteiger partial charge in [0.2, 0.25) is 0 Å². The number of rotatable bonds is 2. The molecule has 0 spiro atoms. The molecule has 0 aliphatic heterocycles. The van der Waals surface area contributed by atoms with Crippen molar-refractivity contribution >= 4 is 64.4 Å². The normalized spacial score (nSPS) is 11.5. The molecule has 6 rings (SSSR count). The lowest BCUT2D eigenvalue weighted by Crippen LogP contribution is -1.84. The van der Waals surface area contributed by atoms with Gasteiger partial charge in [0.15, 0.2) is 0 Å². The summed E-state index contributed by atoms with van der Waals surface area (Å²) in [7, 11) is 0. The largest absolute Gasteiger partial charge is 0.455 e. The van der Waals surface area contributed by atoms with Crippen LogP contribution in [0.3, 0.4) is 0 Å². The molecule has 0 aliphatic carbocycles. The van der Waals surface area contributed by atoms with E-state index in [1.807, 2.05) is 0 Å². The topological polar surface area (TPSA) is 13.1 Å². The van der Waals surface area contributed by atoms with E-state index < -0.39 is 0 Å². The number of halogens is 2. The molecule has 31 heavy (non-hydrogen) atoms. The molecule has 1 aromatic heterocycles. The Kier molecular flexibility index (Phi) is 4.48. The lowest BCUT2D eigenvalue weighted by molar-refractivity contribution is 0.636. The van der Waals surface area contributed by atoms with Gasteiger partial charge in [0.1, 0.15) is 11.3 Å². The number of benzene rings is 5. The predicted octanol–water partition coefficient (Wildman–Crippen LogP) is 9.60. The maximum atomic E-state index is 6.70. The SMILES string of the molecule is Brc1ccc(-c2oc3c4ccccc4c4ccccc4c3c2-c2ccc(Br)cc2)cc1. The van der Waals surface area contributed by atoms with Crippen LogP contribution in [-0.2, 0) is 0 Å². The molecule has 0 atom stereocenters. The highest BCUT2D eigenvalue weighted by molar-refractivity contribution is 9.10. The predicted molar refractivity (Wildman–Crippen MR) is 137 cm³/mol. The summed E-state index contributed by atoms with van der Waals surface area (Å²) in [5.74, 6) is 0.895. The quantitative estimate of drug-likeness (QED) is 0.204. The van der Waals surface area contributed by atoms with E-state index in [2.05, 4.69) is 129 Å². The van der Waals surface area contributed by atoms with E-state index >= 15 is 0 Å². The fraction of sp³-hybridized carbons (Fsp3) is 0. The zero-order valence-electron chi connectivity index (χ0n) is 16.4. The molecule has 148 valence electrons. The maximum Gasteiger partial charge on any atom is 0.143 e. The van der Waals surface area contributed by atoms with Crippen LogP contribution in [-0.4, -0.2) is 0 Å². The summed E-state index contributed by atoms with van der Waals surface area (Å²) in [4.78, 5) is 0. The van der Waals surface area contributed by atoms with Crippen molar-refractivity contribution in [2.24, 2.45) is 0 Å². The van der Waals surface area contributed by atoms with Gasteiger partial charge in [-0.2, -0.15) is 0 Å². The summed E-state index contributed by atoms with van der Waals surface area (Å²) in [6.45, 7) is 0. The Morgan fingerprint density at radius 3 is 1.58 bits per heavy atom. The molecule has 1 heterocycles. The first-order valence-electron chi connectivity index (χ1n) is 10.1. The van der Waals surface area contributed by atoms with E-state index in [1.165, 1.54) is 16.2 Å². The molecule has 3 heteroatoms. The molecular weight excluding hydrogens is 512 g/mol. The average Bonchev–Trinajstić information content (AvgIpc) is 3.21. The molecular formula is C28H16Br2O. The minimum Gasteiger partial charge on any atom is -0.455 e. The average molecular weight is 528 g/mol. The minimum atomic E-state index is 0.895. The van der Waals surface area contributed by atoms with Gasteiger partial charge in [0, 0.05) is 30.8 Å². The van der Waals surface area contributed by atoms with Gasteiger partial charge in [0.25, 0.3) is 0 Å². The van der Waals surface area contributed by atoms with Crippen molar-refractivity contribution in [3.8, 4) is 22.5 Å². The molecule has 1 nitrogen and oxygen atoms in total. The molecule has 0 saturated carbocycles. The minimum absolute atomic E-state index is 0.895. The van der Waals surface area contributed by atoms with Crippen molar-refractivity contribution in [2.75, 3.05) is 0 Å². The van der Waals surface area contributed by atoms with Gasteiger partial charge in [-0.05, 0) is 46.0 Å². The van der Waals surface area contributed by atoms with Crippen molar-refractivity contribution < 1.29 is 4.42 Å². The van der Waals surface area contributed by atoms with Gasteiger partial charge in [-0.25, -0.2) is 0 Å². The molecule has 0 saturated heterocycles. The zero-order valence-corrected chi connectivity index (χ0v) is 19.6. The Hall–Kier alpha value is -2.88. The fourth-order valence-electron chi connectivity index (χ4n) is 4.43. The summed E-state index contributed by atoms with van der Waals surface area (Å²) >= 11 is 7.13. The Morgan fingerprint density at radius 1 is 0.484 bits per heavy atom. The molecule has 0 aliphatic rings. The van der Waals surface area contributed by atoms with Crippen LogP contribution in [0, 0.1) is 0 Å². The van der Waals surface area contributed by atoms with Gasteiger partial charge >= 0.3 is 0 Å². The van der Waals surface area contributed by atoms with Crippen LogP contribution < -0.4 is 0 Å². The number of hydrogen-bond acceptors (Lipinski definition) is 1. The number of furan rings is 1. The molecule has 0 amide bonds. The Balaban J connectivity index is 1.85. The van der Waals surface area contributed by atoms with Crippen LogP contribution in [0.4, 0.5) is 0 Å². The third-order valence-corrected chi connectivity index (χ3v) is 6.86. The summed E-state index contributed by atoms with van der Waals surface area (Å²) in [6.07, 6.45) is 0. The van der Waals surface area contributed by atoms with Crippen molar-refractivity contribution in [3.05, 3.63) is 106 Å². The summed E-state index contributed by atoms with van der Waals surface area (Å²) < 4.78 is 8.81. The van der Waals surface area contributed by atoms with E-state index in [1.54, 1.807) is 0 Å². The second-order valence-electron chi connectivity index (χ2n) is 7.62. The van der Waals surface area contributed by atoms with Gasteiger partial charge in [-0.15, -0.1) is 0 Å². The molecule has 0 unspecified atom stereocenters. The van der Waals surface area contributed by atoms with Crippen LogP contribution in [0.2, 0.25) is 0 Å². The first-order valence-corrected chi connectivity index (χ1v) is 11.7. The van der Waals surface area contributed by atoms with E-state index in [0.29, 0.717) is 0 Å². The summed E-state index contributed by atoms with van der Waals surface area (Å²) in [5, 5.41) is 5.96. The zero-order chi connectivity index (χ0) is 20.9. The standard InChI is InChI=1S/C28H16Br2O/c29-19-13-9-17(10-14-19)25-26-23-7-3-1-5-21(23)22-6-2-4-8-24(22)28(26)31-27(25)18-11-15-20(30)16-12-18/h1-16H. The number of fused-ring (bicyclic) bond motifs is 6. The van der Waals surface area contributed by atoms with Crippen LogP contribution in [0.25, 0.3) is 55.0 Å². The van der Waals surface area contributed by atoms with Crippen LogP contribution in [0.15, 0.2) is 110 Å². The maximum absolute atomic E-state index is 6.70. The van der Waals surface area contributed by atoms with Crippen LogP contribution >= 0.6 is 31.9 Å². The van der Waals surface area contributed by atoms with Crippen molar-refractivity contribution in [1.29, 1.82) is 0 Å². The highest BCUT2D eigenvalue weighted by Gasteiger charge is 2.22. The second kappa shape index (κ2) is 7.37. The molecule has 0 bridgehead atoms. The van der Waals surface area contributed by atoms with E-state index in [0.717, 1.165) is 47.8 Å². The van der Waals surface area contributed by atoms with Crippen molar-refractivity contribution in [3.63, 3.8) is 0 Å². The summed E-state index contributed by atoms with van der Waals surface area (Å²) in [5.41, 5.74) is 4.27. The van der Waals surface area contributed by atoms with Crippen LogP contribution in [0.5, 0.6) is 0 Å². The smallest absolute Gasteiger partial charge is 0.143 e. The molecule has 0 fully saturated rings. The van der Waals surface area contributed by atoms with Crippen molar-refractivity contribution in [2.45, 2.75) is 0 Å². The Bertz CT molecular complexity index is 1580. The lowest BCUT2D eigenvalue weighted by atomic mass is 9.92. The van der Waals surface area contributed by atoms with Gasteiger partial charge in [-0.1, -0.05) is 105 Å². The van der Waals surface area contributed by atoms with Crippen molar-refractivity contribution in [1.82, 2.24) is 0 Å². The van der Waals surface area contributed by atoms with Gasteiger partial charge in [-0.3, -0.25) is 0 Å². The third kappa shape index (κ3) is 3.03.